The number of amides is 2. The number of hydroxylamine groups is 2. The summed E-state index contributed by atoms with van der Waals surface area (Å²) in [5, 5.41) is 19.3. The second kappa shape index (κ2) is 19.4. The monoisotopic (exact) mass is 537 g/mol. The van der Waals surface area contributed by atoms with Gasteiger partial charge in [0.1, 0.15) is 0 Å². The first kappa shape index (κ1) is 33.3. The molecule has 1 saturated heterocycles. The number of hydrogen-bond donors (Lipinski definition) is 2. The van der Waals surface area contributed by atoms with E-state index in [0.29, 0.717) is 24.3 Å². The minimum absolute atomic E-state index is 0.0463. The quantitative estimate of drug-likeness (QED) is 0.0629. The van der Waals surface area contributed by atoms with Crippen molar-refractivity contribution in [2.45, 2.75) is 135 Å². The highest BCUT2D eigenvalue weighted by Crippen LogP contribution is 2.35. The van der Waals surface area contributed by atoms with Crippen LogP contribution in [0.4, 0.5) is 0 Å². The first-order chi connectivity index (χ1) is 18.2. The third-order valence-corrected chi connectivity index (χ3v) is 7.24. The van der Waals surface area contributed by atoms with Crippen LogP contribution >= 0.6 is 0 Å². The fourth-order valence-corrected chi connectivity index (χ4v) is 4.82. The molecule has 1 heterocycles. The van der Waals surface area contributed by atoms with E-state index in [1.165, 1.54) is 0 Å². The zero-order valence-corrected chi connectivity index (χ0v) is 22.9. The van der Waals surface area contributed by atoms with Gasteiger partial charge in [-0.05, 0) is 32.1 Å². The topological polar surface area (TPSA) is 138 Å². The number of rotatable bonds is 24. The molecule has 2 amide bonds. The Morgan fingerprint density at radius 2 is 1.16 bits per heavy atom. The first-order valence-corrected chi connectivity index (χ1v) is 14.4. The van der Waals surface area contributed by atoms with E-state index in [9.17, 15) is 29.1 Å². The lowest BCUT2D eigenvalue weighted by molar-refractivity contribution is -0.208. The van der Waals surface area contributed by atoms with Gasteiger partial charge < -0.3 is 15.1 Å². The molecule has 1 fully saturated rings. The molecule has 0 bridgehead atoms. The summed E-state index contributed by atoms with van der Waals surface area (Å²) in [6.45, 7) is 3.72. The fourth-order valence-electron chi connectivity index (χ4n) is 4.82. The lowest BCUT2D eigenvalue weighted by atomic mass is 9.77. The van der Waals surface area contributed by atoms with E-state index in [4.69, 9.17) is 9.94 Å². The number of carbonyl (C=O) groups excluding carboxylic acids is 3. The Kier molecular flexibility index (Phi) is 17.0. The van der Waals surface area contributed by atoms with E-state index >= 15 is 0 Å². The molecule has 0 aliphatic carbocycles. The molecule has 9 nitrogen and oxygen atoms in total. The number of nitrogens with zero attached hydrogens (tertiary/aromatic N) is 1. The smallest absolute Gasteiger partial charge is 0.350 e. The summed E-state index contributed by atoms with van der Waals surface area (Å²) in [6, 6.07) is 0. The molecular weight excluding hydrogens is 490 g/mol. The number of carboxylic acid groups (broad SMARTS) is 2. The highest BCUT2D eigenvalue weighted by Gasteiger charge is 2.49. The van der Waals surface area contributed by atoms with Gasteiger partial charge in [0.15, 0.2) is 5.41 Å². The predicted molar refractivity (Wildman–Crippen MR) is 143 cm³/mol. The molecule has 2 N–H and O–H groups in total. The average molecular weight is 538 g/mol. The largest absolute Gasteiger partial charge is 0.481 e. The molecule has 0 aromatic heterocycles. The van der Waals surface area contributed by atoms with Crippen molar-refractivity contribution >= 4 is 29.7 Å². The zero-order valence-electron chi connectivity index (χ0n) is 22.9. The third-order valence-electron chi connectivity index (χ3n) is 7.24. The average Bonchev–Trinajstić information content (AvgIpc) is 3.19. The molecule has 0 saturated carbocycles. The Morgan fingerprint density at radius 3 is 1.58 bits per heavy atom. The van der Waals surface area contributed by atoms with Gasteiger partial charge in [-0.15, -0.1) is 11.6 Å². The summed E-state index contributed by atoms with van der Waals surface area (Å²) in [6.07, 6.45) is 16.6. The van der Waals surface area contributed by atoms with Crippen LogP contribution in [-0.4, -0.2) is 45.0 Å². The maximum atomic E-state index is 13.1. The molecule has 0 aromatic rings. The third kappa shape index (κ3) is 12.7. The molecular formula is C29H47NO8. The number of imide groups is 1. The fraction of sp³-hybridized carbons (Fsp3) is 0.759. The highest BCUT2D eigenvalue weighted by molar-refractivity contribution is 6.04. The van der Waals surface area contributed by atoms with Crippen molar-refractivity contribution in [3.63, 3.8) is 0 Å². The van der Waals surface area contributed by atoms with Crippen LogP contribution in [-0.2, 0) is 28.8 Å². The number of carboxylic acids is 2. The SMILES string of the molecule is C=CCCCCCCCCC[C@](CCCCCCCCCCC(=O)O)(C(=O)O)C(=O)ON1C(=O)CCC1=O. The van der Waals surface area contributed by atoms with E-state index in [1.807, 2.05) is 6.08 Å². The van der Waals surface area contributed by atoms with Gasteiger partial charge in [0.05, 0.1) is 0 Å². The van der Waals surface area contributed by atoms with Crippen LogP contribution in [0.25, 0.3) is 0 Å². The predicted octanol–water partition coefficient (Wildman–Crippen LogP) is 6.35. The number of hydrogen-bond acceptors (Lipinski definition) is 6. The van der Waals surface area contributed by atoms with Crippen LogP contribution in [0.1, 0.15) is 135 Å². The number of aliphatic carboxylic acids is 2. The second-order valence-corrected chi connectivity index (χ2v) is 10.4. The van der Waals surface area contributed by atoms with Crippen LogP contribution in [0.3, 0.4) is 0 Å². The van der Waals surface area contributed by atoms with Crippen molar-refractivity contribution in [2.75, 3.05) is 0 Å². The van der Waals surface area contributed by atoms with Crippen molar-refractivity contribution in [1.82, 2.24) is 5.06 Å². The van der Waals surface area contributed by atoms with E-state index < -0.39 is 35.1 Å². The Balaban J connectivity index is 2.58. The molecule has 1 aliphatic rings. The molecule has 9 heteroatoms. The van der Waals surface area contributed by atoms with Crippen LogP contribution in [0.5, 0.6) is 0 Å². The lowest BCUT2D eigenvalue weighted by Crippen LogP contribution is -2.45. The first-order valence-electron chi connectivity index (χ1n) is 14.4. The number of allylic oxidation sites excluding steroid dienone is 1. The van der Waals surface area contributed by atoms with Gasteiger partial charge in [-0.25, -0.2) is 4.79 Å². The Hall–Kier alpha value is -2.71. The van der Waals surface area contributed by atoms with Crippen molar-refractivity contribution in [1.29, 1.82) is 0 Å². The zero-order chi connectivity index (χ0) is 28.2. The van der Waals surface area contributed by atoms with Gasteiger partial charge in [-0.1, -0.05) is 89.5 Å². The summed E-state index contributed by atoms with van der Waals surface area (Å²) in [5.74, 6) is -4.33. The molecule has 1 atom stereocenters. The Bertz CT molecular complexity index is 765. The van der Waals surface area contributed by atoms with Crippen molar-refractivity contribution in [2.24, 2.45) is 5.41 Å². The van der Waals surface area contributed by atoms with Crippen molar-refractivity contribution in [3.8, 4) is 0 Å². The summed E-state index contributed by atoms with van der Waals surface area (Å²) < 4.78 is 0. The van der Waals surface area contributed by atoms with Crippen molar-refractivity contribution < 1.29 is 39.0 Å². The maximum absolute atomic E-state index is 13.1. The highest BCUT2D eigenvalue weighted by atomic mass is 16.7. The normalized spacial score (nSPS) is 14.9. The maximum Gasteiger partial charge on any atom is 0.350 e. The molecule has 216 valence electrons. The lowest BCUT2D eigenvalue weighted by Gasteiger charge is -2.28. The van der Waals surface area contributed by atoms with Crippen LogP contribution < -0.4 is 0 Å². The summed E-state index contributed by atoms with van der Waals surface area (Å²) in [4.78, 5) is 65.1. The van der Waals surface area contributed by atoms with E-state index in [-0.39, 0.29) is 32.1 Å². The van der Waals surface area contributed by atoms with Gasteiger partial charge in [0, 0.05) is 19.3 Å². The van der Waals surface area contributed by atoms with E-state index in [1.54, 1.807) is 0 Å². The summed E-state index contributed by atoms with van der Waals surface area (Å²) in [5.41, 5.74) is -1.79. The molecule has 0 radical (unpaired) electrons. The van der Waals surface area contributed by atoms with E-state index in [2.05, 4.69) is 6.58 Å². The molecule has 0 spiro atoms. The number of carbonyl (C=O) groups is 5. The number of unbranched alkanes of at least 4 members (excludes halogenated alkanes) is 14. The van der Waals surface area contributed by atoms with Crippen LogP contribution in [0.2, 0.25) is 0 Å². The van der Waals surface area contributed by atoms with Gasteiger partial charge in [-0.3, -0.25) is 19.2 Å². The van der Waals surface area contributed by atoms with Crippen LogP contribution in [0, 0.1) is 5.41 Å². The van der Waals surface area contributed by atoms with Gasteiger partial charge >= 0.3 is 17.9 Å². The van der Waals surface area contributed by atoms with Crippen molar-refractivity contribution in [3.05, 3.63) is 12.7 Å². The summed E-state index contributed by atoms with van der Waals surface area (Å²) >= 11 is 0. The second-order valence-electron chi connectivity index (χ2n) is 10.4. The molecule has 0 aromatic carbocycles. The van der Waals surface area contributed by atoms with Gasteiger partial charge in [-0.2, -0.15) is 0 Å². The van der Waals surface area contributed by atoms with Gasteiger partial charge in [0.2, 0.25) is 0 Å². The molecule has 0 unspecified atom stereocenters. The minimum Gasteiger partial charge on any atom is -0.481 e. The molecule has 1 rings (SSSR count). The molecule has 1 aliphatic heterocycles. The summed E-state index contributed by atoms with van der Waals surface area (Å²) in [7, 11) is 0. The van der Waals surface area contributed by atoms with Gasteiger partial charge in [0.25, 0.3) is 11.8 Å². The standard InChI is InChI=1S/C29H47NO8/c1-2-3-4-5-6-8-11-14-17-22-29(27(35)36,28(37)38-30-24(31)20-21-25(30)32)23-18-15-12-9-7-10-13-16-19-26(33)34/h2H,1,3-23H2,(H,33,34)(H,35,36)/t29-/m0/s1. The Morgan fingerprint density at radius 1 is 0.737 bits per heavy atom. The molecule has 38 heavy (non-hydrogen) atoms. The minimum atomic E-state index is -1.79. The Labute approximate surface area is 226 Å². The van der Waals surface area contributed by atoms with E-state index in [0.717, 1.165) is 83.5 Å². The van der Waals surface area contributed by atoms with Crippen LogP contribution in [0.15, 0.2) is 12.7 Å².